The third-order valence-electron chi connectivity index (χ3n) is 3.89. The van der Waals surface area contributed by atoms with E-state index in [1.807, 2.05) is 18.3 Å². The number of aliphatic hydroxyl groups excluding tert-OH is 1. The molecular weight excluding hydrogens is 324 g/mol. The number of aliphatic hydroxyl groups is 1. The zero-order valence-electron chi connectivity index (χ0n) is 10.8. The molecule has 2 saturated carbocycles. The van der Waals surface area contributed by atoms with E-state index in [0.717, 1.165) is 15.3 Å². The molecule has 2 aliphatic rings. The number of hydrogen-bond donors (Lipinski definition) is 2. The second-order valence-corrected chi connectivity index (χ2v) is 7.52. The number of hydrogen-bond acceptors (Lipinski definition) is 4. The summed E-state index contributed by atoms with van der Waals surface area (Å²) in [6.45, 7) is 0.234. The average molecular weight is 343 g/mol. The Labute approximate surface area is 126 Å². The van der Waals surface area contributed by atoms with Gasteiger partial charge in [0.25, 0.3) is 0 Å². The summed E-state index contributed by atoms with van der Waals surface area (Å²) >= 11 is 5.14. The Kier molecular flexibility index (Phi) is 4.17. The molecule has 3 rings (SSSR count). The van der Waals surface area contributed by atoms with Crippen molar-refractivity contribution in [3.05, 3.63) is 22.8 Å². The molecule has 2 N–H and O–H groups in total. The minimum Gasteiger partial charge on any atom is -0.394 e. The molecule has 0 radical (unpaired) electrons. The summed E-state index contributed by atoms with van der Waals surface area (Å²) in [7, 11) is 0. The molecule has 2 aliphatic carbocycles. The molecule has 2 fully saturated rings. The van der Waals surface area contributed by atoms with Crippen molar-refractivity contribution < 1.29 is 5.11 Å². The predicted octanol–water partition coefficient (Wildman–Crippen LogP) is 2.83. The maximum Gasteiger partial charge on any atom is 0.0961 e. The molecule has 0 aliphatic heterocycles. The van der Waals surface area contributed by atoms with Gasteiger partial charge in [-0.1, -0.05) is 0 Å². The van der Waals surface area contributed by atoms with Crippen molar-refractivity contribution in [3.8, 4) is 0 Å². The maximum atomic E-state index is 9.88. The van der Waals surface area contributed by atoms with E-state index in [4.69, 9.17) is 0 Å². The second-order valence-electron chi connectivity index (χ2n) is 5.61. The van der Waals surface area contributed by atoms with E-state index in [2.05, 4.69) is 26.2 Å². The van der Waals surface area contributed by atoms with Crippen LogP contribution in [0.2, 0.25) is 0 Å². The number of halogens is 1. The van der Waals surface area contributed by atoms with E-state index in [9.17, 15) is 5.11 Å². The number of rotatable bonds is 7. The van der Waals surface area contributed by atoms with Crippen LogP contribution in [0.4, 0.5) is 0 Å². The lowest BCUT2D eigenvalue weighted by Gasteiger charge is -2.33. The van der Waals surface area contributed by atoms with Gasteiger partial charge in [0.05, 0.1) is 17.2 Å². The molecule has 1 unspecified atom stereocenters. The lowest BCUT2D eigenvalue weighted by molar-refractivity contribution is 0.157. The Balaban J connectivity index is 1.64. The molecule has 0 amide bonds. The number of thioether (sulfide) groups is 1. The van der Waals surface area contributed by atoms with Crippen LogP contribution in [-0.2, 0) is 0 Å². The van der Waals surface area contributed by atoms with Gasteiger partial charge in [-0.2, -0.15) is 0 Å². The summed E-state index contributed by atoms with van der Waals surface area (Å²) in [5.41, 5.74) is -0.0966. The lowest BCUT2D eigenvalue weighted by atomic mass is 9.96. The van der Waals surface area contributed by atoms with Crippen LogP contribution in [0.5, 0.6) is 0 Å². The maximum absolute atomic E-state index is 9.88. The Bertz CT molecular complexity index is 434. The number of nitrogens with one attached hydrogen (secondary N) is 1. The van der Waals surface area contributed by atoms with Crippen molar-refractivity contribution in [1.29, 1.82) is 0 Å². The first-order valence-corrected chi connectivity index (χ1v) is 8.63. The molecule has 3 nitrogen and oxygen atoms in total. The highest BCUT2D eigenvalue weighted by Gasteiger charge is 2.47. The van der Waals surface area contributed by atoms with Gasteiger partial charge in [-0.15, -0.1) is 11.8 Å². The molecule has 104 valence electrons. The molecule has 1 aromatic heterocycles. The molecule has 0 bridgehead atoms. The van der Waals surface area contributed by atoms with E-state index in [0.29, 0.717) is 12.0 Å². The van der Waals surface area contributed by atoms with Gasteiger partial charge in [-0.05, 0) is 59.7 Å². The quantitative estimate of drug-likeness (QED) is 0.748. The van der Waals surface area contributed by atoms with Crippen LogP contribution in [0.1, 0.15) is 25.7 Å². The van der Waals surface area contributed by atoms with E-state index in [1.54, 1.807) is 11.8 Å². The molecule has 1 aromatic rings. The van der Waals surface area contributed by atoms with Crippen LogP contribution in [0.3, 0.4) is 0 Å². The normalized spacial score (nSPS) is 22.2. The molecule has 0 aromatic carbocycles. The Morgan fingerprint density at radius 3 is 2.68 bits per heavy atom. The van der Waals surface area contributed by atoms with Crippen LogP contribution in [0.15, 0.2) is 27.8 Å². The first kappa shape index (κ1) is 13.9. The van der Waals surface area contributed by atoms with Gasteiger partial charge in [-0.25, -0.2) is 4.98 Å². The van der Waals surface area contributed by atoms with Crippen molar-refractivity contribution >= 4 is 27.7 Å². The van der Waals surface area contributed by atoms with Crippen molar-refractivity contribution in [2.75, 3.05) is 12.4 Å². The van der Waals surface area contributed by atoms with Gasteiger partial charge in [0.15, 0.2) is 0 Å². The Morgan fingerprint density at radius 1 is 1.37 bits per heavy atom. The summed E-state index contributed by atoms with van der Waals surface area (Å²) in [4.78, 5) is 4.40. The highest BCUT2D eigenvalue weighted by atomic mass is 79.9. The third-order valence-corrected chi connectivity index (χ3v) is 5.55. The van der Waals surface area contributed by atoms with E-state index in [-0.39, 0.29) is 12.1 Å². The van der Waals surface area contributed by atoms with Crippen molar-refractivity contribution in [2.24, 2.45) is 5.92 Å². The molecule has 1 heterocycles. The largest absolute Gasteiger partial charge is 0.394 e. The first-order valence-electron chi connectivity index (χ1n) is 6.85. The number of pyridine rings is 1. The SMILES string of the molecule is OCC(CSc1ccc(Br)cn1)(NC1CC1)C1CC1. The molecule has 0 spiro atoms. The van der Waals surface area contributed by atoms with Gasteiger partial charge in [0.2, 0.25) is 0 Å². The zero-order valence-corrected chi connectivity index (χ0v) is 13.2. The summed E-state index contributed by atoms with van der Waals surface area (Å²) in [5, 5.41) is 14.6. The van der Waals surface area contributed by atoms with Crippen LogP contribution < -0.4 is 5.32 Å². The monoisotopic (exact) mass is 342 g/mol. The minimum atomic E-state index is -0.0966. The fourth-order valence-electron chi connectivity index (χ4n) is 2.42. The van der Waals surface area contributed by atoms with Crippen molar-refractivity contribution in [1.82, 2.24) is 10.3 Å². The molecule has 19 heavy (non-hydrogen) atoms. The Morgan fingerprint density at radius 2 is 2.16 bits per heavy atom. The molecular formula is C14H19BrN2OS. The minimum absolute atomic E-state index is 0.0966. The Hall–Kier alpha value is -0.100. The second kappa shape index (κ2) is 5.72. The zero-order chi connectivity index (χ0) is 13.3. The van der Waals surface area contributed by atoms with Crippen molar-refractivity contribution in [2.45, 2.75) is 42.3 Å². The van der Waals surface area contributed by atoms with Gasteiger partial charge in [0, 0.05) is 22.5 Å². The summed E-state index contributed by atoms with van der Waals surface area (Å²) < 4.78 is 1.00. The van der Waals surface area contributed by atoms with Crippen molar-refractivity contribution in [3.63, 3.8) is 0 Å². The lowest BCUT2D eigenvalue weighted by Crippen LogP contribution is -2.53. The van der Waals surface area contributed by atoms with Gasteiger partial charge in [0.1, 0.15) is 0 Å². The summed E-state index contributed by atoms with van der Waals surface area (Å²) in [5.74, 6) is 1.54. The highest BCUT2D eigenvalue weighted by molar-refractivity contribution is 9.10. The van der Waals surface area contributed by atoms with E-state index >= 15 is 0 Å². The standard InChI is InChI=1S/C14H19BrN2OS/c15-11-3-6-13(16-7-11)19-9-14(8-18,10-1-2-10)17-12-4-5-12/h3,6-7,10,12,17-18H,1-2,4-5,8-9H2. The van der Waals surface area contributed by atoms with Gasteiger partial charge < -0.3 is 10.4 Å². The number of aromatic nitrogens is 1. The fourth-order valence-corrected chi connectivity index (χ4v) is 3.76. The highest BCUT2D eigenvalue weighted by Crippen LogP contribution is 2.43. The third kappa shape index (κ3) is 3.51. The first-order chi connectivity index (χ1) is 9.22. The predicted molar refractivity (Wildman–Crippen MR) is 81.4 cm³/mol. The molecule has 0 saturated heterocycles. The van der Waals surface area contributed by atoms with E-state index in [1.165, 1.54) is 25.7 Å². The topological polar surface area (TPSA) is 45.2 Å². The van der Waals surface area contributed by atoms with Crippen LogP contribution in [0.25, 0.3) is 0 Å². The van der Waals surface area contributed by atoms with Crippen LogP contribution >= 0.6 is 27.7 Å². The van der Waals surface area contributed by atoms with Gasteiger partial charge in [-0.3, -0.25) is 0 Å². The molecule has 1 atom stereocenters. The number of nitrogens with zero attached hydrogens (tertiary/aromatic N) is 1. The van der Waals surface area contributed by atoms with Gasteiger partial charge >= 0.3 is 0 Å². The average Bonchev–Trinajstić information content (AvgIpc) is 3.28. The smallest absolute Gasteiger partial charge is 0.0961 e. The van der Waals surface area contributed by atoms with Crippen LogP contribution in [-0.4, -0.2) is 34.0 Å². The fraction of sp³-hybridized carbons (Fsp3) is 0.643. The summed E-state index contributed by atoms with van der Waals surface area (Å²) in [6, 6.07) is 4.67. The summed E-state index contributed by atoms with van der Waals surface area (Å²) in [6.07, 6.45) is 6.84. The van der Waals surface area contributed by atoms with E-state index < -0.39 is 0 Å². The molecule has 5 heteroatoms. The van der Waals surface area contributed by atoms with Crippen LogP contribution in [0, 0.1) is 5.92 Å².